The number of carbonyl (C=O) groups is 2. The molecule has 7 nitrogen and oxygen atoms in total. The van der Waals surface area contributed by atoms with Crippen LogP contribution in [0.5, 0.6) is 11.5 Å². The molecular weight excluding hydrogens is 402 g/mol. The number of hydrogen-bond acceptors (Lipinski definition) is 6. The number of aromatic nitrogens is 1. The third-order valence-electron chi connectivity index (χ3n) is 3.95. The summed E-state index contributed by atoms with van der Waals surface area (Å²) in [6, 6.07) is 14.5. The first-order valence-electron chi connectivity index (χ1n) is 9.42. The lowest BCUT2D eigenvalue weighted by atomic mass is 10.2. The Morgan fingerprint density at radius 1 is 1.10 bits per heavy atom. The zero-order valence-corrected chi connectivity index (χ0v) is 17.8. The molecular formula is C22H23N3O4S. The van der Waals surface area contributed by atoms with Gasteiger partial charge in [0.15, 0.2) is 6.61 Å². The molecule has 0 fully saturated rings. The van der Waals surface area contributed by atoms with Gasteiger partial charge in [0.25, 0.3) is 11.8 Å². The molecule has 0 aliphatic heterocycles. The smallest absolute Gasteiger partial charge is 0.275 e. The molecule has 2 N–H and O–H groups in total. The minimum atomic E-state index is -0.319. The molecule has 0 unspecified atom stereocenters. The van der Waals surface area contributed by atoms with E-state index in [9.17, 15) is 9.59 Å². The van der Waals surface area contributed by atoms with Crippen molar-refractivity contribution < 1.29 is 19.1 Å². The van der Waals surface area contributed by atoms with Gasteiger partial charge in [0.05, 0.1) is 6.10 Å². The van der Waals surface area contributed by atoms with Crippen LogP contribution in [0, 0.1) is 0 Å². The summed E-state index contributed by atoms with van der Waals surface area (Å²) < 4.78 is 11.0. The molecule has 0 bridgehead atoms. The van der Waals surface area contributed by atoms with Crippen LogP contribution < -0.4 is 20.1 Å². The molecule has 1 aromatic heterocycles. The minimum absolute atomic E-state index is 0.0929. The Morgan fingerprint density at radius 2 is 1.87 bits per heavy atom. The van der Waals surface area contributed by atoms with Crippen molar-refractivity contribution in [3.63, 3.8) is 0 Å². The van der Waals surface area contributed by atoms with Crippen LogP contribution in [0.15, 0.2) is 53.9 Å². The van der Waals surface area contributed by atoms with Crippen LogP contribution in [0.25, 0.3) is 10.6 Å². The van der Waals surface area contributed by atoms with E-state index < -0.39 is 0 Å². The number of nitrogens with one attached hydrogen (secondary N) is 2. The summed E-state index contributed by atoms with van der Waals surface area (Å²) in [5.74, 6) is 0.727. The van der Waals surface area contributed by atoms with Gasteiger partial charge in [-0.25, -0.2) is 4.98 Å². The third-order valence-corrected chi connectivity index (χ3v) is 4.84. The molecule has 0 radical (unpaired) electrons. The predicted molar refractivity (Wildman–Crippen MR) is 117 cm³/mol. The molecule has 2 aromatic carbocycles. The van der Waals surface area contributed by atoms with Gasteiger partial charge in [0.2, 0.25) is 0 Å². The SMILES string of the molecule is CNC(=O)COc1cccc(NC(=O)c2csc(-c3ccc(OC(C)C)cc3)n2)c1. The fourth-order valence-corrected chi connectivity index (χ4v) is 3.34. The zero-order valence-electron chi connectivity index (χ0n) is 17.0. The van der Waals surface area contributed by atoms with E-state index in [4.69, 9.17) is 9.47 Å². The maximum Gasteiger partial charge on any atom is 0.275 e. The van der Waals surface area contributed by atoms with E-state index in [1.165, 1.54) is 18.4 Å². The summed E-state index contributed by atoms with van der Waals surface area (Å²) >= 11 is 1.40. The zero-order chi connectivity index (χ0) is 21.5. The van der Waals surface area contributed by atoms with Crippen molar-refractivity contribution in [1.82, 2.24) is 10.3 Å². The van der Waals surface area contributed by atoms with Crippen LogP contribution in [-0.4, -0.2) is 36.6 Å². The first-order chi connectivity index (χ1) is 14.4. The maximum atomic E-state index is 12.6. The topological polar surface area (TPSA) is 89.6 Å². The highest BCUT2D eigenvalue weighted by atomic mass is 32.1. The van der Waals surface area contributed by atoms with Gasteiger partial charge in [0, 0.05) is 29.7 Å². The Kier molecular flexibility index (Phi) is 7.03. The van der Waals surface area contributed by atoms with Gasteiger partial charge in [-0.3, -0.25) is 9.59 Å². The highest BCUT2D eigenvalue weighted by Crippen LogP contribution is 2.27. The van der Waals surface area contributed by atoms with Gasteiger partial charge >= 0.3 is 0 Å². The number of anilines is 1. The average molecular weight is 426 g/mol. The lowest BCUT2D eigenvalue weighted by molar-refractivity contribution is -0.122. The van der Waals surface area contributed by atoms with Crippen molar-refractivity contribution >= 4 is 28.8 Å². The molecule has 0 saturated heterocycles. The lowest BCUT2D eigenvalue weighted by Crippen LogP contribution is -2.24. The fourth-order valence-electron chi connectivity index (χ4n) is 2.54. The van der Waals surface area contributed by atoms with E-state index in [0.29, 0.717) is 17.1 Å². The number of rotatable bonds is 8. The highest BCUT2D eigenvalue weighted by Gasteiger charge is 2.13. The molecule has 156 valence electrons. The minimum Gasteiger partial charge on any atom is -0.491 e. The van der Waals surface area contributed by atoms with E-state index in [0.717, 1.165) is 16.3 Å². The summed E-state index contributed by atoms with van der Waals surface area (Å²) in [4.78, 5) is 28.3. The van der Waals surface area contributed by atoms with Crippen molar-refractivity contribution in [3.05, 3.63) is 59.6 Å². The highest BCUT2D eigenvalue weighted by molar-refractivity contribution is 7.13. The van der Waals surface area contributed by atoms with Gasteiger partial charge in [0.1, 0.15) is 22.2 Å². The summed E-state index contributed by atoms with van der Waals surface area (Å²) in [6.07, 6.45) is 0.110. The number of hydrogen-bond donors (Lipinski definition) is 2. The number of carbonyl (C=O) groups excluding carboxylic acids is 2. The summed E-state index contributed by atoms with van der Waals surface area (Å²) in [5.41, 5.74) is 1.80. The second kappa shape index (κ2) is 9.89. The Balaban J connectivity index is 1.64. The molecule has 2 amide bonds. The number of benzene rings is 2. The van der Waals surface area contributed by atoms with Gasteiger partial charge in [-0.05, 0) is 50.2 Å². The van der Waals surface area contributed by atoms with Crippen LogP contribution in [0.4, 0.5) is 5.69 Å². The standard InChI is InChI=1S/C22H23N3O4S/c1-14(2)29-17-9-7-15(8-10-17)22-25-19(13-30-22)21(27)24-16-5-4-6-18(11-16)28-12-20(26)23-3/h4-11,13-14H,12H2,1-3H3,(H,23,26)(H,24,27). The summed E-state index contributed by atoms with van der Waals surface area (Å²) in [6.45, 7) is 3.86. The van der Waals surface area contributed by atoms with E-state index >= 15 is 0 Å². The van der Waals surface area contributed by atoms with Crippen LogP contribution in [0.3, 0.4) is 0 Å². The molecule has 0 atom stereocenters. The molecule has 8 heteroatoms. The van der Waals surface area contributed by atoms with E-state index in [1.54, 1.807) is 29.6 Å². The van der Waals surface area contributed by atoms with Crippen LogP contribution >= 0.6 is 11.3 Å². The summed E-state index contributed by atoms with van der Waals surface area (Å²) in [7, 11) is 1.54. The molecule has 0 aliphatic rings. The van der Waals surface area contributed by atoms with Gasteiger partial charge in [-0.1, -0.05) is 6.07 Å². The molecule has 0 aliphatic carbocycles. The number of ether oxygens (including phenoxy) is 2. The largest absolute Gasteiger partial charge is 0.491 e. The Labute approximate surface area is 179 Å². The van der Waals surface area contributed by atoms with Crippen molar-refractivity contribution in [2.24, 2.45) is 0 Å². The van der Waals surface area contributed by atoms with Crippen molar-refractivity contribution in [2.75, 3.05) is 19.0 Å². The maximum absolute atomic E-state index is 12.6. The second-order valence-corrected chi connectivity index (χ2v) is 7.53. The number of thiazole rings is 1. The monoisotopic (exact) mass is 425 g/mol. The fraction of sp³-hybridized carbons (Fsp3) is 0.227. The van der Waals surface area contributed by atoms with E-state index in [2.05, 4.69) is 15.6 Å². The molecule has 1 heterocycles. The van der Waals surface area contributed by atoms with Crippen molar-refractivity contribution in [3.8, 4) is 22.1 Å². The normalized spacial score (nSPS) is 10.5. The van der Waals surface area contributed by atoms with E-state index in [-0.39, 0.29) is 24.5 Å². The molecule has 30 heavy (non-hydrogen) atoms. The van der Waals surface area contributed by atoms with Crippen LogP contribution in [0.2, 0.25) is 0 Å². The molecule has 0 spiro atoms. The number of amides is 2. The van der Waals surface area contributed by atoms with Crippen molar-refractivity contribution in [1.29, 1.82) is 0 Å². The second-order valence-electron chi connectivity index (χ2n) is 6.67. The molecule has 0 saturated carbocycles. The van der Waals surface area contributed by atoms with Crippen LogP contribution in [-0.2, 0) is 4.79 Å². The van der Waals surface area contributed by atoms with Gasteiger partial charge in [-0.15, -0.1) is 11.3 Å². The molecule has 3 aromatic rings. The predicted octanol–water partition coefficient (Wildman–Crippen LogP) is 3.97. The van der Waals surface area contributed by atoms with Gasteiger partial charge in [-0.2, -0.15) is 0 Å². The van der Waals surface area contributed by atoms with Gasteiger partial charge < -0.3 is 20.1 Å². The number of likely N-dealkylation sites (N-methyl/N-ethyl adjacent to an activating group) is 1. The Hall–Kier alpha value is -3.39. The quantitative estimate of drug-likeness (QED) is 0.570. The Morgan fingerprint density at radius 3 is 2.57 bits per heavy atom. The lowest BCUT2D eigenvalue weighted by Gasteiger charge is -2.09. The number of nitrogens with zero attached hydrogens (tertiary/aromatic N) is 1. The summed E-state index contributed by atoms with van der Waals surface area (Å²) in [5, 5.41) is 7.75. The first-order valence-corrected chi connectivity index (χ1v) is 10.3. The van der Waals surface area contributed by atoms with E-state index in [1.807, 2.05) is 38.1 Å². The average Bonchev–Trinajstić information content (AvgIpc) is 3.23. The third kappa shape index (κ3) is 5.81. The Bertz CT molecular complexity index is 1020. The molecule has 3 rings (SSSR count). The first kappa shape index (κ1) is 21.3. The van der Waals surface area contributed by atoms with Crippen LogP contribution in [0.1, 0.15) is 24.3 Å². The van der Waals surface area contributed by atoms with Crippen molar-refractivity contribution in [2.45, 2.75) is 20.0 Å².